The summed E-state index contributed by atoms with van der Waals surface area (Å²) in [6.07, 6.45) is -1.34. The third-order valence-electron chi connectivity index (χ3n) is 7.00. The van der Waals surface area contributed by atoms with Crippen molar-refractivity contribution in [3.8, 4) is 0 Å². The van der Waals surface area contributed by atoms with Crippen molar-refractivity contribution in [2.24, 2.45) is 0 Å². The largest absolute Gasteiger partial charge is 0.390 e. The van der Waals surface area contributed by atoms with Gasteiger partial charge in [-0.25, -0.2) is 17.6 Å². The van der Waals surface area contributed by atoms with Gasteiger partial charge in [-0.2, -0.15) is 0 Å². The molecule has 0 spiro atoms. The number of alkyl halides is 2. The summed E-state index contributed by atoms with van der Waals surface area (Å²) in [6.45, 7) is 7.53. The molecule has 0 heterocycles. The third-order valence-corrected chi connectivity index (χ3v) is 7.00. The van der Waals surface area contributed by atoms with Crippen LogP contribution in [0.3, 0.4) is 0 Å². The molecule has 1 aliphatic rings. The molecule has 0 radical (unpaired) electrons. The number of rotatable bonds is 8. The lowest BCUT2D eigenvalue weighted by atomic mass is 9.73. The van der Waals surface area contributed by atoms with E-state index in [0.29, 0.717) is 0 Å². The number of hydrogen-bond acceptors (Lipinski definition) is 3. The molecule has 2 atom stereocenters. The van der Waals surface area contributed by atoms with Crippen molar-refractivity contribution in [3.05, 3.63) is 70.8 Å². The molecular formula is C28H36F4N2O2. The smallest absolute Gasteiger partial charge is 0.248 e. The van der Waals surface area contributed by atoms with Gasteiger partial charge in [-0.3, -0.25) is 4.79 Å². The van der Waals surface area contributed by atoms with Gasteiger partial charge in [0.1, 0.15) is 11.6 Å². The third kappa shape index (κ3) is 7.29. The van der Waals surface area contributed by atoms with Crippen molar-refractivity contribution < 1.29 is 27.5 Å². The second-order valence-electron chi connectivity index (χ2n) is 11.0. The van der Waals surface area contributed by atoms with E-state index < -0.39 is 41.1 Å². The van der Waals surface area contributed by atoms with E-state index in [9.17, 15) is 27.5 Å². The average Bonchev–Trinajstić information content (AvgIpc) is 2.76. The first-order valence-corrected chi connectivity index (χ1v) is 12.3. The Morgan fingerprint density at radius 2 is 1.64 bits per heavy atom. The molecule has 8 heteroatoms. The van der Waals surface area contributed by atoms with Gasteiger partial charge < -0.3 is 15.7 Å². The molecule has 198 valence electrons. The molecule has 0 aliphatic heterocycles. The summed E-state index contributed by atoms with van der Waals surface area (Å²) in [5.74, 6) is -4.65. The van der Waals surface area contributed by atoms with Gasteiger partial charge in [-0.1, -0.05) is 45.0 Å². The summed E-state index contributed by atoms with van der Waals surface area (Å²) in [5, 5.41) is 17.0. The summed E-state index contributed by atoms with van der Waals surface area (Å²) in [6, 6.07) is 10.1. The summed E-state index contributed by atoms with van der Waals surface area (Å²) < 4.78 is 55.6. The van der Waals surface area contributed by atoms with Crippen LogP contribution in [0, 0.1) is 11.6 Å². The molecule has 3 N–H and O–H groups in total. The minimum Gasteiger partial charge on any atom is -0.390 e. The highest BCUT2D eigenvalue weighted by Crippen LogP contribution is 2.44. The van der Waals surface area contributed by atoms with Gasteiger partial charge in [0.05, 0.1) is 12.1 Å². The summed E-state index contributed by atoms with van der Waals surface area (Å²) in [5.41, 5.74) is 1.32. The van der Waals surface area contributed by atoms with Crippen molar-refractivity contribution in [1.29, 1.82) is 0 Å². The molecule has 2 unspecified atom stereocenters. The zero-order valence-electron chi connectivity index (χ0n) is 21.3. The van der Waals surface area contributed by atoms with Crippen molar-refractivity contribution >= 4 is 5.91 Å². The summed E-state index contributed by atoms with van der Waals surface area (Å²) >= 11 is 0. The van der Waals surface area contributed by atoms with E-state index >= 15 is 0 Å². The van der Waals surface area contributed by atoms with Gasteiger partial charge >= 0.3 is 0 Å². The molecule has 0 bridgehead atoms. The van der Waals surface area contributed by atoms with Gasteiger partial charge in [0.25, 0.3) is 0 Å². The van der Waals surface area contributed by atoms with Crippen LogP contribution in [0.5, 0.6) is 0 Å². The molecule has 2 aromatic rings. The van der Waals surface area contributed by atoms with E-state index in [2.05, 4.69) is 31.4 Å². The number of carbonyl (C=O) groups is 1. The van der Waals surface area contributed by atoms with E-state index in [1.165, 1.54) is 6.92 Å². The predicted molar refractivity (Wildman–Crippen MR) is 132 cm³/mol. The van der Waals surface area contributed by atoms with Crippen LogP contribution in [-0.2, 0) is 22.2 Å². The number of amides is 1. The monoisotopic (exact) mass is 508 g/mol. The summed E-state index contributed by atoms with van der Waals surface area (Å²) in [4.78, 5) is 11.8. The van der Waals surface area contributed by atoms with E-state index in [4.69, 9.17) is 0 Å². The van der Waals surface area contributed by atoms with Gasteiger partial charge in [0.15, 0.2) is 0 Å². The second-order valence-corrected chi connectivity index (χ2v) is 11.0. The van der Waals surface area contributed by atoms with Crippen molar-refractivity contribution in [3.63, 3.8) is 0 Å². The molecule has 3 rings (SSSR count). The normalized spacial score (nSPS) is 18.9. The van der Waals surface area contributed by atoms with Crippen LogP contribution in [0.1, 0.15) is 70.1 Å². The standard InChI is InChI=1S/C28H36F4N2O2/c1-18(35)34-24(14-19-12-22(29)16-23(30)13-19)25(36)17-33-27(8-10-28(31,32)11-9-27)21-7-5-6-20(15-21)26(2,3)4/h5-7,12-13,15-16,24-25,33,36H,8-11,14,17H2,1-4H3,(H,34,35). The SMILES string of the molecule is CC(=O)NC(Cc1cc(F)cc(F)c1)C(O)CNC1(c2cccc(C(C)(C)C)c2)CCC(F)(F)CC1. The Morgan fingerprint density at radius 3 is 2.19 bits per heavy atom. The zero-order valence-corrected chi connectivity index (χ0v) is 21.3. The minimum absolute atomic E-state index is 0.00167. The number of aliphatic hydroxyl groups excluding tert-OH is 1. The van der Waals surface area contributed by atoms with Crippen LogP contribution in [0.25, 0.3) is 0 Å². The lowest BCUT2D eigenvalue weighted by Crippen LogP contribution is -2.54. The fourth-order valence-corrected chi connectivity index (χ4v) is 4.86. The lowest BCUT2D eigenvalue weighted by Gasteiger charge is -2.43. The summed E-state index contributed by atoms with van der Waals surface area (Å²) in [7, 11) is 0. The molecule has 1 fully saturated rings. The van der Waals surface area contributed by atoms with Crippen LogP contribution in [-0.4, -0.2) is 35.6 Å². The van der Waals surface area contributed by atoms with Gasteiger partial charge in [-0.15, -0.1) is 0 Å². The maximum atomic E-state index is 14.1. The molecule has 36 heavy (non-hydrogen) atoms. The van der Waals surface area contributed by atoms with Crippen LogP contribution in [0.2, 0.25) is 0 Å². The molecular weight excluding hydrogens is 472 g/mol. The fraction of sp³-hybridized carbons (Fsp3) is 0.536. The number of carbonyl (C=O) groups excluding carboxylic acids is 1. The second kappa shape index (κ2) is 10.9. The number of aliphatic hydroxyl groups is 1. The van der Waals surface area contributed by atoms with E-state index in [0.717, 1.165) is 29.3 Å². The molecule has 1 saturated carbocycles. The van der Waals surface area contributed by atoms with Gasteiger partial charge in [0, 0.05) is 37.9 Å². The number of hydrogen-bond donors (Lipinski definition) is 3. The Bertz CT molecular complexity index is 1040. The molecule has 0 aromatic heterocycles. The number of halogens is 4. The van der Waals surface area contributed by atoms with Crippen LogP contribution in [0.4, 0.5) is 17.6 Å². The van der Waals surface area contributed by atoms with Crippen LogP contribution < -0.4 is 10.6 Å². The molecule has 2 aromatic carbocycles. The lowest BCUT2D eigenvalue weighted by molar-refractivity contribution is -0.120. The van der Waals surface area contributed by atoms with Gasteiger partial charge in [0.2, 0.25) is 11.8 Å². The predicted octanol–water partition coefficient (Wildman–Crippen LogP) is 5.36. The van der Waals surface area contributed by atoms with Crippen LogP contribution >= 0.6 is 0 Å². The number of nitrogens with one attached hydrogen (secondary N) is 2. The topological polar surface area (TPSA) is 61.4 Å². The molecule has 1 amide bonds. The fourth-order valence-electron chi connectivity index (χ4n) is 4.86. The number of benzene rings is 2. The van der Waals surface area contributed by atoms with Crippen molar-refractivity contribution in [2.75, 3.05) is 6.54 Å². The van der Waals surface area contributed by atoms with Crippen molar-refractivity contribution in [2.45, 2.75) is 88.8 Å². The molecule has 1 aliphatic carbocycles. The molecule has 0 saturated heterocycles. The van der Waals surface area contributed by atoms with Crippen molar-refractivity contribution in [1.82, 2.24) is 10.6 Å². The van der Waals surface area contributed by atoms with E-state index in [-0.39, 0.29) is 49.6 Å². The van der Waals surface area contributed by atoms with E-state index in [1.54, 1.807) is 0 Å². The quantitative estimate of drug-likeness (QED) is 0.421. The maximum absolute atomic E-state index is 14.1. The first kappa shape index (κ1) is 28.1. The highest BCUT2D eigenvalue weighted by atomic mass is 19.3. The first-order valence-electron chi connectivity index (χ1n) is 12.3. The minimum atomic E-state index is -2.74. The Hall–Kier alpha value is -2.45. The Morgan fingerprint density at radius 1 is 1.03 bits per heavy atom. The van der Waals surface area contributed by atoms with Crippen LogP contribution in [0.15, 0.2) is 42.5 Å². The highest BCUT2D eigenvalue weighted by molar-refractivity contribution is 5.73. The maximum Gasteiger partial charge on any atom is 0.248 e. The van der Waals surface area contributed by atoms with Gasteiger partial charge in [-0.05, 0) is 53.5 Å². The average molecular weight is 509 g/mol. The highest BCUT2D eigenvalue weighted by Gasteiger charge is 2.44. The first-order chi connectivity index (χ1) is 16.7. The Kier molecular flexibility index (Phi) is 8.51. The molecule has 4 nitrogen and oxygen atoms in total. The van der Waals surface area contributed by atoms with E-state index in [1.807, 2.05) is 24.3 Å². The Labute approximate surface area is 210 Å². The Balaban J connectivity index is 1.85. The zero-order chi connectivity index (χ0) is 26.7.